The fraction of sp³-hybridized carbons (Fsp3) is 0.526. The van der Waals surface area contributed by atoms with E-state index >= 15 is 0 Å². The number of piperidine rings is 1. The number of nitrogens with two attached hydrogens (primary N) is 1. The monoisotopic (exact) mass is 389 g/mol. The molecule has 7 nitrogen and oxygen atoms in total. The Morgan fingerprint density at radius 1 is 1.32 bits per heavy atom. The summed E-state index contributed by atoms with van der Waals surface area (Å²) in [4.78, 5) is 22.3. The molecule has 0 radical (unpaired) electrons. The van der Waals surface area contributed by atoms with Crippen LogP contribution in [-0.2, 0) is 4.79 Å². The first-order chi connectivity index (χ1) is 13.4. The van der Waals surface area contributed by atoms with E-state index in [1.54, 1.807) is 6.92 Å². The van der Waals surface area contributed by atoms with Crippen LogP contribution in [0.1, 0.15) is 37.5 Å². The van der Waals surface area contributed by atoms with Crippen molar-refractivity contribution in [2.24, 2.45) is 11.8 Å². The first-order valence-corrected chi connectivity index (χ1v) is 9.47. The summed E-state index contributed by atoms with van der Waals surface area (Å²) in [5.74, 6) is 2.31. The zero-order valence-electron chi connectivity index (χ0n) is 15.4. The molecule has 0 bridgehead atoms. The van der Waals surface area contributed by atoms with Crippen molar-refractivity contribution in [3.8, 4) is 17.0 Å². The van der Waals surface area contributed by atoms with Gasteiger partial charge in [-0.15, -0.1) is 0 Å². The maximum absolute atomic E-state index is 12.6. The molecule has 3 aliphatic rings. The molecular weight excluding hydrogens is 368 g/mol. The molecule has 2 saturated carbocycles. The number of carbonyl (C=O) groups is 1. The molecule has 3 atom stereocenters. The Labute approximate surface area is 160 Å². The first-order valence-electron chi connectivity index (χ1n) is 9.47. The van der Waals surface area contributed by atoms with Crippen LogP contribution in [0.4, 0.5) is 14.6 Å². The van der Waals surface area contributed by atoms with Crippen LogP contribution >= 0.6 is 0 Å². The highest BCUT2D eigenvalue weighted by Crippen LogP contribution is 2.57. The third-order valence-corrected chi connectivity index (χ3v) is 6.01. The third kappa shape index (κ3) is 2.89. The number of ether oxygens (including phenoxy) is 1. The highest BCUT2D eigenvalue weighted by atomic mass is 19.3. The number of anilines is 1. The maximum atomic E-state index is 12.6. The third-order valence-electron chi connectivity index (χ3n) is 6.01. The van der Waals surface area contributed by atoms with Crippen LogP contribution in [0.5, 0.6) is 5.75 Å². The van der Waals surface area contributed by atoms with Crippen molar-refractivity contribution in [2.45, 2.75) is 38.3 Å². The van der Waals surface area contributed by atoms with E-state index in [4.69, 9.17) is 10.7 Å². The van der Waals surface area contributed by atoms with Crippen LogP contribution in [0.25, 0.3) is 11.3 Å². The van der Waals surface area contributed by atoms with Crippen molar-refractivity contribution in [3.05, 3.63) is 24.3 Å². The number of fused-ring (bicyclic) bond motifs is 1. The first kappa shape index (κ1) is 17.4. The second kappa shape index (κ2) is 6.15. The summed E-state index contributed by atoms with van der Waals surface area (Å²) < 4.78 is 31.9. The molecule has 1 amide bonds. The molecule has 0 spiro atoms. The van der Waals surface area contributed by atoms with E-state index in [9.17, 15) is 13.6 Å². The van der Waals surface area contributed by atoms with Gasteiger partial charge in [0.1, 0.15) is 5.82 Å². The number of nitrogen functional groups attached to an aromatic ring is 1. The number of rotatable bonds is 5. The highest BCUT2D eigenvalue weighted by molar-refractivity contribution is 5.74. The number of hydrogen-bond acceptors (Lipinski definition) is 5. The van der Waals surface area contributed by atoms with Crippen molar-refractivity contribution in [2.75, 3.05) is 18.8 Å². The summed E-state index contributed by atoms with van der Waals surface area (Å²) >= 11 is 0. The van der Waals surface area contributed by atoms with Gasteiger partial charge in [-0.05, 0) is 18.9 Å². The molecular formula is C19H21F2N5O2. The van der Waals surface area contributed by atoms with E-state index in [0.29, 0.717) is 35.1 Å². The molecule has 3 heterocycles. The van der Waals surface area contributed by atoms with Gasteiger partial charge in [-0.25, -0.2) is 9.97 Å². The van der Waals surface area contributed by atoms with Gasteiger partial charge >= 0.3 is 6.61 Å². The van der Waals surface area contributed by atoms with Crippen LogP contribution in [-0.4, -0.2) is 45.0 Å². The predicted molar refractivity (Wildman–Crippen MR) is 96.7 cm³/mol. The minimum Gasteiger partial charge on any atom is -0.431 e. The van der Waals surface area contributed by atoms with Crippen LogP contribution in [0.15, 0.2) is 18.5 Å². The lowest BCUT2D eigenvalue weighted by molar-refractivity contribution is -0.128. The molecule has 9 heteroatoms. The second-order valence-corrected chi connectivity index (χ2v) is 7.89. The van der Waals surface area contributed by atoms with Gasteiger partial charge in [0.25, 0.3) is 0 Å². The van der Waals surface area contributed by atoms with Crippen molar-refractivity contribution >= 4 is 11.7 Å². The molecule has 1 saturated heterocycles. The van der Waals surface area contributed by atoms with E-state index in [0.717, 1.165) is 31.8 Å². The Hall–Kier alpha value is -2.71. The Bertz CT molecular complexity index is 930. The minimum absolute atomic E-state index is 0.0769. The molecule has 2 aromatic rings. The van der Waals surface area contributed by atoms with Crippen LogP contribution < -0.4 is 10.5 Å². The van der Waals surface area contributed by atoms with Gasteiger partial charge in [0.2, 0.25) is 5.91 Å². The molecule has 2 N–H and O–H groups in total. The highest BCUT2D eigenvalue weighted by Gasteiger charge is 2.58. The number of hydrogen-bond donors (Lipinski definition) is 1. The summed E-state index contributed by atoms with van der Waals surface area (Å²) in [5, 5.41) is 0. The van der Waals surface area contributed by atoms with Crippen molar-refractivity contribution < 1.29 is 18.3 Å². The number of aromatic nitrogens is 3. The van der Waals surface area contributed by atoms with Crippen molar-refractivity contribution in [1.82, 2.24) is 19.4 Å². The van der Waals surface area contributed by atoms with E-state index in [2.05, 4.69) is 14.3 Å². The van der Waals surface area contributed by atoms with Gasteiger partial charge in [-0.3, -0.25) is 4.79 Å². The van der Waals surface area contributed by atoms with Gasteiger partial charge in [0.05, 0.1) is 5.69 Å². The average Bonchev–Trinajstić information content (AvgIpc) is 3.51. The number of amides is 1. The smallest absolute Gasteiger partial charge is 0.387 e. The number of pyridine rings is 1. The molecule has 2 aliphatic carbocycles. The van der Waals surface area contributed by atoms with Gasteiger partial charge in [0, 0.05) is 61.8 Å². The number of halogens is 2. The molecule has 0 aromatic carbocycles. The van der Waals surface area contributed by atoms with E-state index in [1.807, 2.05) is 11.1 Å². The zero-order valence-corrected chi connectivity index (χ0v) is 15.4. The molecule has 148 valence electrons. The normalized spacial score (nSPS) is 25.9. The SMILES string of the molecule is CC(=O)N1C[C@@H]2C(n3cc(-c4cnc(N)c(OC(F)F)c4)nc3C3CC3)[C@@H]2C1. The number of alkyl halides is 2. The topological polar surface area (TPSA) is 86.3 Å². The zero-order chi connectivity index (χ0) is 19.6. The van der Waals surface area contributed by atoms with Gasteiger partial charge in [-0.1, -0.05) is 0 Å². The summed E-state index contributed by atoms with van der Waals surface area (Å²) in [7, 11) is 0. The predicted octanol–water partition coefficient (Wildman–Crippen LogP) is 2.66. The van der Waals surface area contributed by atoms with E-state index < -0.39 is 6.61 Å². The maximum Gasteiger partial charge on any atom is 0.387 e. The lowest BCUT2D eigenvalue weighted by atomic mass is 10.2. The number of likely N-dealkylation sites (tertiary alicyclic amines) is 1. The van der Waals surface area contributed by atoms with E-state index in [-0.39, 0.29) is 17.5 Å². The number of nitrogens with zero attached hydrogens (tertiary/aromatic N) is 4. The average molecular weight is 389 g/mol. The summed E-state index contributed by atoms with van der Waals surface area (Å²) in [5.41, 5.74) is 6.92. The lowest BCUT2D eigenvalue weighted by Crippen LogP contribution is -2.29. The minimum atomic E-state index is -2.96. The van der Waals surface area contributed by atoms with Crippen molar-refractivity contribution in [3.63, 3.8) is 0 Å². The van der Waals surface area contributed by atoms with Crippen LogP contribution in [0.3, 0.4) is 0 Å². The fourth-order valence-corrected chi connectivity index (χ4v) is 4.38. The number of imidazole rings is 1. The van der Waals surface area contributed by atoms with Gasteiger partial charge < -0.3 is 19.9 Å². The molecule has 1 aliphatic heterocycles. The van der Waals surface area contributed by atoms with Gasteiger partial charge in [0.15, 0.2) is 11.6 Å². The Morgan fingerprint density at radius 3 is 2.64 bits per heavy atom. The molecule has 1 unspecified atom stereocenters. The lowest BCUT2D eigenvalue weighted by Gasteiger charge is -2.19. The fourth-order valence-electron chi connectivity index (χ4n) is 4.38. The summed E-state index contributed by atoms with van der Waals surface area (Å²) in [6, 6.07) is 1.81. The largest absolute Gasteiger partial charge is 0.431 e. The molecule has 5 rings (SSSR count). The van der Waals surface area contributed by atoms with Gasteiger partial charge in [-0.2, -0.15) is 8.78 Å². The molecule has 2 aromatic heterocycles. The number of carbonyl (C=O) groups excluding carboxylic acids is 1. The molecule has 3 fully saturated rings. The van der Waals surface area contributed by atoms with Crippen LogP contribution in [0, 0.1) is 11.8 Å². The van der Waals surface area contributed by atoms with E-state index in [1.165, 1.54) is 12.3 Å². The summed E-state index contributed by atoms with van der Waals surface area (Å²) in [6.45, 7) is 0.225. The van der Waals surface area contributed by atoms with Crippen molar-refractivity contribution in [1.29, 1.82) is 0 Å². The Kier molecular flexibility index (Phi) is 3.82. The quantitative estimate of drug-likeness (QED) is 0.850. The summed E-state index contributed by atoms with van der Waals surface area (Å²) in [6.07, 6.45) is 5.73. The second-order valence-electron chi connectivity index (χ2n) is 7.89. The Morgan fingerprint density at radius 2 is 2.04 bits per heavy atom. The van der Waals surface area contributed by atoms with Crippen LogP contribution in [0.2, 0.25) is 0 Å². The standard InChI is InChI=1S/C19H21F2N5O2/c1-9(27)25-6-12-13(7-25)16(12)26-8-14(24-18(26)10-2-3-10)11-4-15(28-19(20)21)17(22)23-5-11/h4-5,8,10,12-13,16,19H,2-3,6-7H2,1H3,(H2,22,23)/t12-,13+,16?. The Balaban J connectivity index is 1.44. The molecule has 28 heavy (non-hydrogen) atoms.